The summed E-state index contributed by atoms with van der Waals surface area (Å²) in [5, 5.41) is 0. The first-order valence-electron chi connectivity index (χ1n) is 11.1. The molecule has 3 aromatic rings. The molecule has 0 bridgehead atoms. The minimum Gasteiger partial charge on any atom is -0.490 e. The van der Waals surface area contributed by atoms with Crippen molar-refractivity contribution in [2.24, 2.45) is 4.99 Å². The number of benzene rings is 2. The Morgan fingerprint density at radius 1 is 1.17 bits per heavy atom. The zero-order valence-electron chi connectivity index (χ0n) is 19.8. The molecular formula is C26H25IN2O5S. The average Bonchev–Trinajstić information content (AvgIpc) is 3.15. The van der Waals surface area contributed by atoms with Gasteiger partial charge in [0, 0.05) is 0 Å². The van der Waals surface area contributed by atoms with Crippen molar-refractivity contribution in [2.75, 3.05) is 20.3 Å². The summed E-state index contributed by atoms with van der Waals surface area (Å²) in [6, 6.07) is 12.6. The molecule has 2 aromatic carbocycles. The summed E-state index contributed by atoms with van der Waals surface area (Å²) in [7, 11) is 1.33. The van der Waals surface area contributed by atoms with Crippen molar-refractivity contribution in [2.45, 2.75) is 26.8 Å². The Morgan fingerprint density at radius 3 is 2.54 bits per heavy atom. The largest absolute Gasteiger partial charge is 0.490 e. The van der Waals surface area contributed by atoms with Gasteiger partial charge in [0.1, 0.15) is 0 Å². The van der Waals surface area contributed by atoms with Crippen LogP contribution < -0.4 is 24.4 Å². The second-order valence-corrected chi connectivity index (χ2v) is 9.85. The van der Waals surface area contributed by atoms with Gasteiger partial charge >= 0.3 is 5.97 Å². The number of fused-ring (bicyclic) bond motifs is 1. The smallest absolute Gasteiger partial charge is 0.338 e. The number of carbonyl (C=O) groups is 1. The minimum atomic E-state index is -0.624. The van der Waals surface area contributed by atoms with Crippen molar-refractivity contribution in [3.8, 4) is 11.5 Å². The van der Waals surface area contributed by atoms with Crippen LogP contribution in [0, 0.1) is 3.57 Å². The van der Waals surface area contributed by atoms with Gasteiger partial charge in [0.25, 0.3) is 5.56 Å². The first kappa shape index (κ1) is 25.2. The number of allylic oxidation sites excluding steroid dienone is 1. The summed E-state index contributed by atoms with van der Waals surface area (Å²) in [6.07, 6.45) is 1.82. The van der Waals surface area contributed by atoms with Gasteiger partial charge in [-0.2, -0.15) is 0 Å². The summed E-state index contributed by atoms with van der Waals surface area (Å²) in [5.41, 5.74) is 2.29. The Labute approximate surface area is 220 Å². The summed E-state index contributed by atoms with van der Waals surface area (Å²) in [6.45, 7) is 6.62. The maximum absolute atomic E-state index is 13.7. The van der Waals surface area contributed by atoms with Crippen LogP contribution in [0.1, 0.15) is 37.9 Å². The van der Waals surface area contributed by atoms with Crippen LogP contribution in [0.2, 0.25) is 0 Å². The second kappa shape index (κ2) is 10.8. The van der Waals surface area contributed by atoms with E-state index in [0.29, 0.717) is 45.3 Å². The molecule has 1 unspecified atom stereocenters. The number of carbonyl (C=O) groups excluding carboxylic acids is 1. The third-order valence-corrected chi connectivity index (χ3v) is 7.24. The van der Waals surface area contributed by atoms with Crippen molar-refractivity contribution < 1.29 is 19.0 Å². The highest BCUT2D eigenvalue weighted by atomic mass is 127. The number of methoxy groups -OCH3 is 1. The third-order valence-electron chi connectivity index (χ3n) is 5.46. The summed E-state index contributed by atoms with van der Waals surface area (Å²) < 4.78 is 19.6. The predicted molar refractivity (Wildman–Crippen MR) is 144 cm³/mol. The normalized spacial score (nSPS) is 15.5. The lowest BCUT2D eigenvalue weighted by Crippen LogP contribution is -2.39. The molecule has 182 valence electrons. The van der Waals surface area contributed by atoms with E-state index in [9.17, 15) is 9.59 Å². The maximum atomic E-state index is 13.7. The molecule has 7 nitrogen and oxygen atoms in total. The Balaban J connectivity index is 1.92. The fourth-order valence-corrected chi connectivity index (χ4v) is 5.84. The van der Waals surface area contributed by atoms with Crippen LogP contribution in [-0.2, 0) is 9.53 Å². The molecule has 9 heteroatoms. The molecule has 0 N–H and O–H groups in total. The number of ether oxygens (including phenoxy) is 3. The van der Waals surface area contributed by atoms with Gasteiger partial charge in [-0.3, -0.25) is 9.36 Å². The molecule has 0 saturated heterocycles. The van der Waals surface area contributed by atoms with Crippen LogP contribution in [0.25, 0.3) is 6.08 Å². The van der Waals surface area contributed by atoms with Gasteiger partial charge in [-0.15, -0.1) is 0 Å². The lowest BCUT2D eigenvalue weighted by atomic mass is 9.96. The molecule has 0 aliphatic carbocycles. The number of halogens is 1. The predicted octanol–water partition coefficient (Wildman–Crippen LogP) is 3.81. The molecule has 0 amide bonds. The Morgan fingerprint density at radius 2 is 1.89 bits per heavy atom. The third kappa shape index (κ3) is 4.92. The highest BCUT2D eigenvalue weighted by molar-refractivity contribution is 14.1. The molecule has 35 heavy (non-hydrogen) atoms. The number of thiazole rings is 1. The summed E-state index contributed by atoms with van der Waals surface area (Å²) in [5.74, 6) is 0.819. The molecule has 0 saturated carbocycles. The molecule has 1 aliphatic rings. The lowest BCUT2D eigenvalue weighted by molar-refractivity contribution is -0.136. The molecule has 4 rings (SSSR count). The number of rotatable bonds is 7. The van der Waals surface area contributed by atoms with E-state index in [-0.39, 0.29) is 5.56 Å². The molecular weight excluding hydrogens is 579 g/mol. The number of esters is 1. The fraction of sp³-hybridized carbons (Fsp3) is 0.269. The Bertz CT molecular complexity index is 1470. The van der Waals surface area contributed by atoms with Crippen LogP contribution in [0.5, 0.6) is 11.5 Å². The maximum Gasteiger partial charge on any atom is 0.338 e. The topological polar surface area (TPSA) is 79.1 Å². The van der Waals surface area contributed by atoms with Crippen molar-refractivity contribution in [1.82, 2.24) is 4.57 Å². The highest BCUT2D eigenvalue weighted by Crippen LogP contribution is 2.34. The summed E-state index contributed by atoms with van der Waals surface area (Å²) in [4.78, 5) is 31.5. The first-order chi connectivity index (χ1) is 16.9. The van der Waals surface area contributed by atoms with Gasteiger partial charge < -0.3 is 14.2 Å². The van der Waals surface area contributed by atoms with E-state index in [2.05, 4.69) is 27.6 Å². The summed E-state index contributed by atoms with van der Waals surface area (Å²) >= 11 is 3.50. The lowest BCUT2D eigenvalue weighted by Gasteiger charge is -2.24. The van der Waals surface area contributed by atoms with Gasteiger partial charge in [0.05, 0.1) is 45.7 Å². The van der Waals surface area contributed by atoms with Crippen LogP contribution in [-0.4, -0.2) is 30.9 Å². The molecule has 0 radical (unpaired) electrons. The molecule has 0 spiro atoms. The van der Waals surface area contributed by atoms with Crippen LogP contribution in [0.3, 0.4) is 0 Å². The zero-order chi connectivity index (χ0) is 25.1. The SMILES string of the molecule is CCOc1cc(C=c2sc3n(c2=O)C(c2ccccc2)C(C(=O)OC)=C(C)N=3)cc(I)c1OCC. The molecule has 2 heterocycles. The Kier molecular flexibility index (Phi) is 7.75. The van der Waals surface area contributed by atoms with Crippen molar-refractivity contribution in [3.63, 3.8) is 0 Å². The van der Waals surface area contributed by atoms with E-state index in [1.807, 2.05) is 62.4 Å². The minimum absolute atomic E-state index is 0.224. The van der Waals surface area contributed by atoms with Gasteiger partial charge in [0.2, 0.25) is 0 Å². The number of aromatic nitrogens is 1. The molecule has 1 aliphatic heterocycles. The van der Waals surface area contributed by atoms with Crippen molar-refractivity contribution in [1.29, 1.82) is 0 Å². The van der Waals surface area contributed by atoms with E-state index in [1.54, 1.807) is 11.5 Å². The number of hydrogen-bond donors (Lipinski definition) is 0. The zero-order valence-corrected chi connectivity index (χ0v) is 22.8. The van der Waals surface area contributed by atoms with Gasteiger partial charge in [0.15, 0.2) is 16.3 Å². The van der Waals surface area contributed by atoms with E-state index >= 15 is 0 Å². The van der Waals surface area contributed by atoms with Gasteiger partial charge in [-0.25, -0.2) is 9.79 Å². The Hall–Kier alpha value is -2.92. The number of nitrogens with zero attached hydrogens (tertiary/aromatic N) is 2. The number of hydrogen-bond acceptors (Lipinski definition) is 7. The van der Waals surface area contributed by atoms with Crippen LogP contribution >= 0.6 is 33.9 Å². The van der Waals surface area contributed by atoms with Gasteiger partial charge in [-0.1, -0.05) is 41.7 Å². The molecule has 1 aromatic heterocycles. The van der Waals surface area contributed by atoms with Crippen molar-refractivity contribution >= 4 is 46.0 Å². The van der Waals surface area contributed by atoms with E-state index in [0.717, 1.165) is 14.7 Å². The first-order valence-corrected chi connectivity index (χ1v) is 13.0. The highest BCUT2D eigenvalue weighted by Gasteiger charge is 2.32. The second-order valence-electron chi connectivity index (χ2n) is 7.68. The molecule has 1 atom stereocenters. The van der Waals surface area contributed by atoms with Crippen LogP contribution in [0.15, 0.2) is 63.5 Å². The van der Waals surface area contributed by atoms with Crippen LogP contribution in [0.4, 0.5) is 0 Å². The van der Waals surface area contributed by atoms with Crippen molar-refractivity contribution in [3.05, 3.63) is 88.1 Å². The van der Waals surface area contributed by atoms with E-state index in [1.165, 1.54) is 18.4 Å². The monoisotopic (exact) mass is 604 g/mol. The van der Waals surface area contributed by atoms with Gasteiger partial charge in [-0.05, 0) is 72.7 Å². The van der Waals surface area contributed by atoms with E-state index < -0.39 is 12.0 Å². The average molecular weight is 604 g/mol. The standard InChI is InChI=1S/C26H25IN2O5S/c1-5-33-19-13-16(12-18(27)23(19)34-6-2)14-20-24(30)29-22(17-10-8-7-9-11-17)21(25(31)32-4)15(3)28-26(29)35-20/h7-14,22H,5-6H2,1-4H3. The molecule has 0 fully saturated rings. The van der Waals surface area contributed by atoms with E-state index in [4.69, 9.17) is 14.2 Å². The fourth-order valence-electron chi connectivity index (χ4n) is 4.01. The quantitative estimate of drug-likeness (QED) is 0.303.